The van der Waals surface area contributed by atoms with E-state index in [2.05, 4.69) is 74.5 Å². The van der Waals surface area contributed by atoms with Gasteiger partial charge in [-0.15, -0.1) is 31.7 Å². The minimum Gasteiger partial charge on any atom is -0.508 e. The molecule has 1 aliphatic rings. The van der Waals surface area contributed by atoms with Crippen LogP contribution < -0.4 is 0 Å². The van der Waals surface area contributed by atoms with E-state index in [0.717, 1.165) is 10.2 Å². The molecule has 1 atom stereocenters. The van der Waals surface area contributed by atoms with Crippen LogP contribution in [0.25, 0.3) is 0 Å². The molecule has 2 radical (unpaired) electrons. The maximum Gasteiger partial charge on any atom is 3.00 e. The second kappa shape index (κ2) is 16.8. The first-order valence-corrected chi connectivity index (χ1v) is 9.86. The van der Waals surface area contributed by atoms with Gasteiger partial charge < -0.3 is 20.0 Å². The molecule has 0 aliphatic heterocycles. The molecule has 0 amide bonds. The number of phenols is 1. The van der Waals surface area contributed by atoms with Crippen molar-refractivity contribution in [1.29, 1.82) is 0 Å². The van der Waals surface area contributed by atoms with Gasteiger partial charge in [-0.3, -0.25) is 6.08 Å². The van der Waals surface area contributed by atoms with Crippen LogP contribution in [0.4, 0.5) is 0 Å². The molecule has 174 valence electrons. The smallest absolute Gasteiger partial charge is 0.508 e. The number of hydrogen-bond acceptors (Lipinski definition) is 1. The van der Waals surface area contributed by atoms with Crippen molar-refractivity contribution < 1.29 is 26.8 Å². The summed E-state index contributed by atoms with van der Waals surface area (Å²) in [5.41, 5.74) is 5.55. The molecule has 1 unspecified atom stereocenters. The van der Waals surface area contributed by atoms with Gasteiger partial charge in [0, 0.05) is 0 Å². The zero-order chi connectivity index (χ0) is 18.9. The van der Waals surface area contributed by atoms with Crippen molar-refractivity contribution in [3.05, 3.63) is 66.6 Å². The molecule has 0 spiro atoms. The van der Waals surface area contributed by atoms with Gasteiger partial charge in [0.05, 0.1) is 0 Å². The van der Waals surface area contributed by atoms with Gasteiger partial charge >= 0.3 is 21.7 Å². The summed E-state index contributed by atoms with van der Waals surface area (Å²) >= 11 is 0. The molecular weight excluding hydrogens is 479 g/mol. The van der Waals surface area contributed by atoms with Crippen LogP contribution in [0, 0.1) is 26.8 Å². The number of phenolic OH excluding ortho intramolecular Hbond substituents is 1. The Labute approximate surface area is 223 Å². The van der Waals surface area contributed by atoms with Gasteiger partial charge in [-0.1, -0.05) is 67.4 Å². The number of benzene rings is 1. The van der Waals surface area contributed by atoms with Crippen molar-refractivity contribution in [2.45, 2.75) is 73.1 Å². The molecule has 0 saturated heterocycles. The molecule has 0 bridgehead atoms. The fraction of sp³-hybridized carbons (Fsp3) is 0.500. The number of aromatic hydroxyl groups is 1. The molecule has 1 aromatic carbocycles. The Balaban J connectivity index is -0.0000000857. The molecule has 2 rings (SSSR count). The van der Waals surface area contributed by atoms with E-state index in [0.29, 0.717) is 11.7 Å². The van der Waals surface area contributed by atoms with Crippen LogP contribution >= 0.6 is 24.8 Å². The van der Waals surface area contributed by atoms with E-state index < -0.39 is 0 Å². The van der Waals surface area contributed by atoms with E-state index >= 15 is 0 Å². The van der Waals surface area contributed by atoms with Crippen LogP contribution in [-0.4, -0.2) is 26.3 Å². The van der Waals surface area contributed by atoms with Gasteiger partial charge in [0.2, 0.25) is 0 Å². The van der Waals surface area contributed by atoms with Gasteiger partial charge in [0.25, 0.3) is 0 Å². The first-order valence-electron chi connectivity index (χ1n) is 8.86. The van der Waals surface area contributed by atoms with Crippen molar-refractivity contribution in [2.24, 2.45) is 5.92 Å². The molecule has 0 fully saturated rings. The van der Waals surface area contributed by atoms with Crippen LogP contribution in [0.1, 0.15) is 73.4 Å². The zero-order valence-electron chi connectivity index (χ0n) is 21.6. The Bertz CT molecular complexity index is 641. The maximum atomic E-state index is 9.72. The third-order valence-electron chi connectivity index (χ3n) is 4.89. The van der Waals surface area contributed by atoms with E-state index in [1.54, 1.807) is 0 Å². The summed E-state index contributed by atoms with van der Waals surface area (Å²) in [6.45, 7) is 19.6. The Hall–Kier alpha value is 0.228. The summed E-state index contributed by atoms with van der Waals surface area (Å²) < 4.78 is 0. The number of allylic oxidation sites excluding steroid dienone is 4. The Morgan fingerprint density at radius 2 is 1.20 bits per heavy atom. The Morgan fingerprint density at radius 3 is 1.37 bits per heavy atom. The van der Waals surface area contributed by atoms with Crippen molar-refractivity contribution in [1.82, 2.24) is 0 Å². The summed E-state index contributed by atoms with van der Waals surface area (Å²) in [7, 11) is 1.16. The minimum atomic E-state index is 0. The molecule has 0 heterocycles. The number of halogens is 2. The second-order valence-corrected chi connectivity index (χ2v) is 10.1. The van der Waals surface area contributed by atoms with E-state index in [9.17, 15) is 5.11 Å². The third-order valence-corrected chi connectivity index (χ3v) is 5.93. The standard InChI is InChI=1S/C14H22O.C8H13Si.2CH3.2ClH.H3Si.Ti/c1-13(2,3)10-7-11(14(4,5)6)9-12(15)8-10;1-5-4-8(9)7(3)6(5)2;;;;;;/h7-9,15H,1-6H3;5H,1-3,9H3;2*1H3;2*1H;1H3;/q;3*-1;;;;+3. The van der Waals surface area contributed by atoms with Crippen LogP contribution in [0.15, 0.2) is 34.5 Å². The van der Waals surface area contributed by atoms with Crippen molar-refractivity contribution in [3.8, 4) is 5.75 Å². The summed E-state index contributed by atoms with van der Waals surface area (Å²) in [6, 6.07) is 5.91. The van der Waals surface area contributed by atoms with Gasteiger partial charge in [-0.25, -0.2) is 10.8 Å². The Kier molecular flexibility index (Phi) is 24.6. The summed E-state index contributed by atoms with van der Waals surface area (Å²) in [6.07, 6.45) is 3.42. The first kappa shape index (κ1) is 44.0. The van der Waals surface area contributed by atoms with Crippen LogP contribution in [0.5, 0.6) is 5.75 Å². The Morgan fingerprint density at radius 1 is 0.867 bits per heavy atom. The molecule has 1 N–H and O–H groups in total. The van der Waals surface area contributed by atoms with Crippen LogP contribution in [-0.2, 0) is 32.5 Å². The third kappa shape index (κ3) is 12.9. The van der Waals surface area contributed by atoms with Crippen LogP contribution in [0.3, 0.4) is 0 Å². The van der Waals surface area contributed by atoms with Crippen molar-refractivity contribution in [2.75, 3.05) is 0 Å². The number of rotatable bonds is 0. The summed E-state index contributed by atoms with van der Waals surface area (Å²) in [5, 5.41) is 11.2. The van der Waals surface area contributed by atoms with Crippen molar-refractivity contribution in [3.63, 3.8) is 0 Å². The second-order valence-electron chi connectivity index (χ2n) is 9.07. The molecule has 0 saturated carbocycles. The molecule has 6 heteroatoms. The molecule has 1 aromatic rings. The van der Waals surface area contributed by atoms with E-state index in [-0.39, 0.29) is 83.2 Å². The molecule has 30 heavy (non-hydrogen) atoms. The fourth-order valence-electron chi connectivity index (χ4n) is 2.64. The topological polar surface area (TPSA) is 20.2 Å². The molecule has 1 nitrogen and oxygen atoms in total. The summed E-state index contributed by atoms with van der Waals surface area (Å²) in [5.74, 6) is 0.963. The average Bonchev–Trinajstić information content (AvgIpc) is 2.63. The predicted molar refractivity (Wildman–Crippen MR) is 147 cm³/mol. The van der Waals surface area contributed by atoms with Gasteiger partial charge in [-0.2, -0.15) is 5.57 Å². The first-order chi connectivity index (χ1) is 10.7. The molecule has 0 aromatic heterocycles. The number of hydrogen-bond donors (Lipinski definition) is 1. The van der Waals surface area contributed by atoms with E-state index in [4.69, 9.17) is 0 Å². The fourth-order valence-corrected chi connectivity index (χ4v) is 3.47. The largest absolute Gasteiger partial charge is 3.00 e. The monoisotopic (exact) mass is 524 g/mol. The quantitative estimate of drug-likeness (QED) is 0.347. The van der Waals surface area contributed by atoms with E-state index in [1.165, 1.54) is 27.5 Å². The average molecular weight is 526 g/mol. The van der Waals surface area contributed by atoms with E-state index in [1.807, 2.05) is 12.1 Å². The van der Waals surface area contributed by atoms with Crippen molar-refractivity contribution >= 4 is 46.0 Å². The van der Waals surface area contributed by atoms with Gasteiger partial charge in [0.1, 0.15) is 5.75 Å². The van der Waals surface area contributed by atoms with Gasteiger partial charge in [-0.05, 0) is 55.3 Å². The molecular formula is C24H46Cl2OSi2Ti. The normalized spacial score (nSPS) is 14.7. The predicted octanol–water partition coefficient (Wildman–Crippen LogP) is 5.57. The molecule has 1 aliphatic carbocycles. The maximum absolute atomic E-state index is 9.72. The summed E-state index contributed by atoms with van der Waals surface area (Å²) in [4.78, 5) is 0. The van der Waals surface area contributed by atoms with Crippen LogP contribution in [0.2, 0.25) is 0 Å². The minimum absolute atomic E-state index is 0. The zero-order valence-corrected chi connectivity index (χ0v) is 28.8. The van der Waals surface area contributed by atoms with Gasteiger partial charge in [0.15, 0.2) is 0 Å². The SMILES string of the molecule is CC(C)(C)c1cc(O)cc(C(C)(C)C)c1.CC1=C(C)C(C)[C-]=C1[SiH3].Cl.Cl.[CH3-].[CH3-].[SiH3].[Ti+3].